The van der Waals surface area contributed by atoms with Crippen molar-refractivity contribution in [2.24, 2.45) is 0 Å². The van der Waals surface area contributed by atoms with Crippen molar-refractivity contribution in [3.8, 4) is 0 Å². The number of methoxy groups -OCH3 is 1. The predicted octanol–water partition coefficient (Wildman–Crippen LogP) is 0.138. The van der Waals surface area contributed by atoms with Gasteiger partial charge in [-0.25, -0.2) is 0 Å². The second-order valence-corrected chi connectivity index (χ2v) is 2.67. The van der Waals surface area contributed by atoms with Crippen LogP contribution in [0, 0.1) is 0 Å². The molecular formula is C9H14N2O2. The van der Waals surface area contributed by atoms with Crippen LogP contribution in [0.15, 0.2) is 24.4 Å². The molecule has 4 nitrogen and oxygen atoms in total. The van der Waals surface area contributed by atoms with Gasteiger partial charge in [-0.1, -0.05) is 6.08 Å². The predicted molar refractivity (Wildman–Crippen MR) is 49.8 cm³/mol. The summed E-state index contributed by atoms with van der Waals surface area (Å²) < 4.78 is 4.51. The highest BCUT2D eigenvalue weighted by Crippen LogP contribution is 1.91. The fourth-order valence-corrected chi connectivity index (χ4v) is 1.00. The van der Waals surface area contributed by atoms with Crippen molar-refractivity contribution in [2.75, 3.05) is 13.7 Å². The van der Waals surface area contributed by atoms with E-state index in [2.05, 4.69) is 15.4 Å². The monoisotopic (exact) mass is 182 g/mol. The Morgan fingerprint density at radius 2 is 2.46 bits per heavy atom. The van der Waals surface area contributed by atoms with Crippen LogP contribution in [-0.4, -0.2) is 25.8 Å². The summed E-state index contributed by atoms with van der Waals surface area (Å²) in [5, 5.41) is 6.22. The summed E-state index contributed by atoms with van der Waals surface area (Å²) >= 11 is 0. The van der Waals surface area contributed by atoms with Gasteiger partial charge < -0.3 is 10.1 Å². The molecule has 1 aliphatic heterocycles. The van der Waals surface area contributed by atoms with E-state index in [4.69, 9.17) is 0 Å². The number of hydrogen-bond acceptors (Lipinski definition) is 4. The lowest BCUT2D eigenvalue weighted by Crippen LogP contribution is -2.39. The first-order chi connectivity index (χ1) is 6.33. The molecule has 0 spiro atoms. The minimum atomic E-state index is -0.192. The Balaban J connectivity index is 2.09. The fraction of sp³-hybridized carbons (Fsp3) is 0.444. The van der Waals surface area contributed by atoms with Crippen LogP contribution in [0.5, 0.6) is 0 Å². The van der Waals surface area contributed by atoms with Crippen molar-refractivity contribution >= 4 is 5.97 Å². The standard InChI is InChI=1S/C9H14N2O2/c1-13-9(12)5-7-11-8-4-2-3-6-10-8/h2-4,6,8,10-11H,5,7H2,1H3. The maximum absolute atomic E-state index is 10.7. The molecule has 0 aromatic heterocycles. The van der Waals surface area contributed by atoms with Crippen LogP contribution in [0.3, 0.4) is 0 Å². The van der Waals surface area contributed by atoms with Crippen LogP contribution < -0.4 is 10.6 Å². The lowest BCUT2D eigenvalue weighted by atomic mass is 10.3. The summed E-state index contributed by atoms with van der Waals surface area (Å²) in [6, 6.07) is 0. The van der Waals surface area contributed by atoms with Gasteiger partial charge in [0.1, 0.15) is 0 Å². The zero-order valence-corrected chi connectivity index (χ0v) is 7.62. The van der Waals surface area contributed by atoms with Crippen molar-refractivity contribution < 1.29 is 9.53 Å². The molecule has 0 fully saturated rings. The van der Waals surface area contributed by atoms with Gasteiger partial charge in [0.2, 0.25) is 0 Å². The molecular weight excluding hydrogens is 168 g/mol. The van der Waals surface area contributed by atoms with Gasteiger partial charge in [0, 0.05) is 6.54 Å². The van der Waals surface area contributed by atoms with Crippen LogP contribution in [0.4, 0.5) is 0 Å². The molecule has 0 aromatic carbocycles. The van der Waals surface area contributed by atoms with Crippen molar-refractivity contribution in [3.63, 3.8) is 0 Å². The van der Waals surface area contributed by atoms with Gasteiger partial charge in [-0.3, -0.25) is 10.1 Å². The number of ether oxygens (including phenoxy) is 1. The zero-order valence-electron chi connectivity index (χ0n) is 7.62. The second-order valence-electron chi connectivity index (χ2n) is 2.67. The third-order valence-corrected chi connectivity index (χ3v) is 1.71. The van der Waals surface area contributed by atoms with Crippen LogP contribution in [-0.2, 0) is 9.53 Å². The van der Waals surface area contributed by atoms with E-state index in [1.54, 1.807) is 0 Å². The van der Waals surface area contributed by atoms with E-state index in [1.807, 2.05) is 24.4 Å². The number of allylic oxidation sites excluding steroid dienone is 2. The molecule has 1 aliphatic rings. The molecule has 72 valence electrons. The van der Waals surface area contributed by atoms with E-state index in [-0.39, 0.29) is 12.1 Å². The van der Waals surface area contributed by atoms with Gasteiger partial charge in [-0.15, -0.1) is 0 Å². The van der Waals surface area contributed by atoms with Crippen LogP contribution in [0.25, 0.3) is 0 Å². The number of carbonyl (C=O) groups is 1. The van der Waals surface area contributed by atoms with Gasteiger partial charge in [-0.2, -0.15) is 0 Å². The Morgan fingerprint density at radius 3 is 3.08 bits per heavy atom. The molecule has 1 rings (SSSR count). The number of dihydropyridines is 1. The molecule has 0 aromatic rings. The topological polar surface area (TPSA) is 50.4 Å². The molecule has 0 amide bonds. The Morgan fingerprint density at radius 1 is 1.62 bits per heavy atom. The van der Waals surface area contributed by atoms with Crippen molar-refractivity contribution in [1.82, 2.24) is 10.6 Å². The fourth-order valence-electron chi connectivity index (χ4n) is 1.00. The van der Waals surface area contributed by atoms with E-state index < -0.39 is 0 Å². The van der Waals surface area contributed by atoms with E-state index in [0.29, 0.717) is 13.0 Å². The van der Waals surface area contributed by atoms with E-state index in [1.165, 1.54) is 7.11 Å². The second kappa shape index (κ2) is 5.37. The summed E-state index contributed by atoms with van der Waals surface area (Å²) in [6.07, 6.45) is 8.22. The van der Waals surface area contributed by atoms with E-state index >= 15 is 0 Å². The van der Waals surface area contributed by atoms with Crippen LogP contribution >= 0.6 is 0 Å². The average molecular weight is 182 g/mol. The van der Waals surface area contributed by atoms with E-state index in [0.717, 1.165) is 0 Å². The van der Waals surface area contributed by atoms with Crippen LogP contribution in [0.1, 0.15) is 6.42 Å². The summed E-state index contributed by atoms with van der Waals surface area (Å²) in [4.78, 5) is 10.7. The van der Waals surface area contributed by atoms with Gasteiger partial charge >= 0.3 is 5.97 Å². The molecule has 1 unspecified atom stereocenters. The average Bonchev–Trinajstić information content (AvgIpc) is 2.19. The highest BCUT2D eigenvalue weighted by atomic mass is 16.5. The molecule has 13 heavy (non-hydrogen) atoms. The molecule has 4 heteroatoms. The highest BCUT2D eigenvalue weighted by Gasteiger charge is 2.04. The van der Waals surface area contributed by atoms with Gasteiger partial charge in [0.25, 0.3) is 0 Å². The number of esters is 1. The van der Waals surface area contributed by atoms with E-state index in [9.17, 15) is 4.79 Å². The van der Waals surface area contributed by atoms with Crippen molar-refractivity contribution in [1.29, 1.82) is 0 Å². The Labute approximate surface area is 77.6 Å². The van der Waals surface area contributed by atoms with Gasteiger partial charge in [0.15, 0.2) is 0 Å². The summed E-state index contributed by atoms with van der Waals surface area (Å²) in [5.41, 5.74) is 0. The Kier molecular flexibility index (Phi) is 4.05. The highest BCUT2D eigenvalue weighted by molar-refractivity contribution is 5.69. The largest absolute Gasteiger partial charge is 0.469 e. The third kappa shape index (κ3) is 3.75. The normalized spacial score (nSPS) is 19.6. The van der Waals surface area contributed by atoms with Crippen molar-refractivity contribution in [3.05, 3.63) is 24.4 Å². The molecule has 2 N–H and O–H groups in total. The summed E-state index contributed by atoms with van der Waals surface area (Å²) in [6.45, 7) is 0.614. The third-order valence-electron chi connectivity index (χ3n) is 1.71. The van der Waals surface area contributed by atoms with Crippen LogP contribution in [0.2, 0.25) is 0 Å². The Bertz CT molecular complexity index is 224. The number of carbonyl (C=O) groups excluding carboxylic acids is 1. The molecule has 1 atom stereocenters. The molecule has 0 saturated heterocycles. The summed E-state index contributed by atoms with van der Waals surface area (Å²) in [7, 11) is 1.39. The first-order valence-electron chi connectivity index (χ1n) is 4.22. The number of rotatable bonds is 4. The first kappa shape index (κ1) is 9.80. The molecule has 0 saturated carbocycles. The maximum atomic E-state index is 10.7. The lowest BCUT2D eigenvalue weighted by molar-refractivity contribution is -0.140. The number of hydrogen-bond donors (Lipinski definition) is 2. The van der Waals surface area contributed by atoms with Gasteiger partial charge in [0.05, 0.1) is 19.7 Å². The van der Waals surface area contributed by atoms with Crippen molar-refractivity contribution in [2.45, 2.75) is 12.6 Å². The molecule has 0 aliphatic carbocycles. The zero-order chi connectivity index (χ0) is 9.52. The smallest absolute Gasteiger partial charge is 0.306 e. The minimum Gasteiger partial charge on any atom is -0.469 e. The SMILES string of the molecule is COC(=O)CCNC1C=CC=CN1. The lowest BCUT2D eigenvalue weighted by Gasteiger charge is -2.16. The molecule has 0 bridgehead atoms. The number of nitrogens with one attached hydrogen (secondary N) is 2. The Hall–Kier alpha value is -1.29. The molecule has 1 heterocycles. The first-order valence-corrected chi connectivity index (χ1v) is 4.22. The molecule has 0 radical (unpaired) electrons. The quantitative estimate of drug-likeness (QED) is 0.607. The minimum absolute atomic E-state index is 0.120. The summed E-state index contributed by atoms with van der Waals surface area (Å²) in [5.74, 6) is -0.192. The maximum Gasteiger partial charge on any atom is 0.306 e. The van der Waals surface area contributed by atoms with Gasteiger partial charge in [-0.05, 0) is 18.4 Å².